The van der Waals surface area contributed by atoms with Crippen molar-refractivity contribution in [2.24, 2.45) is 11.5 Å². The number of rotatable bonds is 3. The van der Waals surface area contributed by atoms with Crippen LogP contribution in [0.5, 0.6) is 0 Å². The van der Waals surface area contributed by atoms with Crippen molar-refractivity contribution in [1.29, 1.82) is 0 Å². The summed E-state index contributed by atoms with van der Waals surface area (Å²) in [4.78, 5) is 10.7. The highest BCUT2D eigenvalue weighted by Gasteiger charge is 2.10. The van der Waals surface area contributed by atoms with Crippen LogP contribution in [-0.4, -0.2) is 11.9 Å². The predicted octanol–water partition coefficient (Wildman–Crippen LogP) is 1.00. The van der Waals surface area contributed by atoms with Gasteiger partial charge in [0.1, 0.15) is 0 Å². The Kier molecular flexibility index (Phi) is 3.49. The molecule has 4 heteroatoms. The molecule has 0 aliphatic heterocycles. The van der Waals surface area contributed by atoms with Gasteiger partial charge in [0.2, 0.25) is 5.91 Å². The summed E-state index contributed by atoms with van der Waals surface area (Å²) in [6.07, 6.45) is 0.426. The van der Waals surface area contributed by atoms with Crippen LogP contribution in [0.3, 0.4) is 0 Å². The van der Waals surface area contributed by atoms with Gasteiger partial charge in [-0.2, -0.15) is 0 Å². The monoisotopic (exact) mass is 212 g/mol. The van der Waals surface area contributed by atoms with Crippen LogP contribution in [0, 0.1) is 6.92 Å². The van der Waals surface area contributed by atoms with E-state index in [0.717, 1.165) is 11.1 Å². The largest absolute Gasteiger partial charge is 0.368 e. The first kappa shape index (κ1) is 11.0. The Morgan fingerprint density at radius 1 is 1.57 bits per heavy atom. The van der Waals surface area contributed by atoms with E-state index in [-0.39, 0.29) is 0 Å². The van der Waals surface area contributed by atoms with E-state index >= 15 is 0 Å². The maximum Gasteiger partial charge on any atom is 0.234 e. The van der Waals surface area contributed by atoms with Gasteiger partial charge in [-0.05, 0) is 30.5 Å². The van der Waals surface area contributed by atoms with Crippen LogP contribution < -0.4 is 11.5 Å². The molecule has 14 heavy (non-hydrogen) atoms. The van der Waals surface area contributed by atoms with Crippen molar-refractivity contribution in [1.82, 2.24) is 0 Å². The first-order chi connectivity index (χ1) is 6.50. The molecule has 1 aromatic carbocycles. The van der Waals surface area contributed by atoms with E-state index in [1.807, 2.05) is 19.1 Å². The lowest BCUT2D eigenvalue weighted by atomic mass is 10.0. The van der Waals surface area contributed by atoms with Crippen molar-refractivity contribution in [2.75, 3.05) is 0 Å². The van der Waals surface area contributed by atoms with Crippen molar-refractivity contribution in [3.05, 3.63) is 34.3 Å². The summed E-state index contributed by atoms with van der Waals surface area (Å²) in [6.45, 7) is 1.92. The van der Waals surface area contributed by atoms with Crippen LogP contribution >= 0.6 is 11.6 Å². The number of carbonyl (C=O) groups excluding carboxylic acids is 1. The molecule has 0 saturated heterocycles. The fraction of sp³-hybridized carbons (Fsp3) is 0.300. The second-order valence-corrected chi connectivity index (χ2v) is 3.70. The van der Waals surface area contributed by atoms with Gasteiger partial charge in [-0.25, -0.2) is 0 Å². The van der Waals surface area contributed by atoms with Crippen LogP contribution in [-0.2, 0) is 11.2 Å². The third-order valence-electron chi connectivity index (χ3n) is 2.06. The fourth-order valence-electron chi connectivity index (χ4n) is 1.12. The third kappa shape index (κ3) is 2.72. The summed E-state index contributed by atoms with van der Waals surface area (Å²) in [5.74, 6) is -0.498. The van der Waals surface area contributed by atoms with Gasteiger partial charge in [-0.1, -0.05) is 23.7 Å². The summed E-state index contributed by atoms with van der Waals surface area (Å²) in [6, 6.07) is 4.95. The summed E-state index contributed by atoms with van der Waals surface area (Å²) in [7, 11) is 0. The van der Waals surface area contributed by atoms with Crippen molar-refractivity contribution < 1.29 is 4.79 Å². The van der Waals surface area contributed by atoms with E-state index in [1.54, 1.807) is 6.07 Å². The molecule has 0 aliphatic carbocycles. The van der Waals surface area contributed by atoms with Crippen LogP contribution in [0.25, 0.3) is 0 Å². The Morgan fingerprint density at radius 2 is 2.21 bits per heavy atom. The average molecular weight is 213 g/mol. The molecule has 0 bridgehead atoms. The van der Waals surface area contributed by atoms with Gasteiger partial charge in [0.25, 0.3) is 0 Å². The molecule has 1 amide bonds. The minimum absolute atomic E-state index is 0.426. The highest BCUT2D eigenvalue weighted by atomic mass is 35.5. The molecule has 0 spiro atoms. The van der Waals surface area contributed by atoms with Crippen LogP contribution in [0.15, 0.2) is 18.2 Å². The maximum absolute atomic E-state index is 10.7. The lowest BCUT2D eigenvalue weighted by Gasteiger charge is -2.08. The van der Waals surface area contributed by atoms with Crippen molar-refractivity contribution >= 4 is 17.5 Å². The maximum atomic E-state index is 10.7. The molecule has 0 fully saturated rings. The Morgan fingerprint density at radius 3 is 2.71 bits per heavy atom. The van der Waals surface area contributed by atoms with E-state index in [2.05, 4.69) is 0 Å². The van der Waals surface area contributed by atoms with Gasteiger partial charge in [-0.15, -0.1) is 0 Å². The zero-order valence-corrected chi connectivity index (χ0v) is 8.71. The standard InChI is InChI=1S/C10H13ClN2O/c1-6-2-3-7(4-8(6)11)5-9(12)10(13)14/h2-4,9H,5,12H2,1H3,(H2,13,14). The molecule has 0 radical (unpaired) electrons. The zero-order valence-electron chi connectivity index (χ0n) is 7.96. The number of aryl methyl sites for hydroxylation is 1. The van der Waals surface area contributed by atoms with Crippen LogP contribution in [0.4, 0.5) is 0 Å². The van der Waals surface area contributed by atoms with Crippen LogP contribution in [0.2, 0.25) is 5.02 Å². The van der Waals surface area contributed by atoms with E-state index < -0.39 is 11.9 Å². The number of halogens is 1. The quantitative estimate of drug-likeness (QED) is 0.785. The number of primary amides is 1. The molecule has 3 nitrogen and oxygen atoms in total. The highest BCUT2D eigenvalue weighted by molar-refractivity contribution is 6.31. The third-order valence-corrected chi connectivity index (χ3v) is 2.46. The fourth-order valence-corrected chi connectivity index (χ4v) is 1.32. The summed E-state index contributed by atoms with van der Waals surface area (Å²) in [5.41, 5.74) is 12.5. The minimum atomic E-state index is -0.645. The second-order valence-electron chi connectivity index (χ2n) is 3.30. The SMILES string of the molecule is Cc1ccc(CC(N)C(N)=O)cc1Cl. The molecule has 1 aromatic rings. The molecular formula is C10H13ClN2O. The van der Waals surface area contributed by atoms with E-state index in [0.29, 0.717) is 11.4 Å². The Bertz CT molecular complexity index is 352. The predicted molar refractivity (Wildman–Crippen MR) is 57.1 cm³/mol. The number of nitrogens with two attached hydrogens (primary N) is 2. The molecule has 1 unspecified atom stereocenters. The molecule has 1 atom stereocenters. The number of carbonyl (C=O) groups is 1. The van der Waals surface area contributed by atoms with Gasteiger partial charge in [0.15, 0.2) is 0 Å². The lowest BCUT2D eigenvalue weighted by molar-refractivity contribution is -0.119. The molecule has 0 saturated carbocycles. The number of hydrogen-bond acceptors (Lipinski definition) is 2. The van der Waals surface area contributed by atoms with Crippen molar-refractivity contribution in [3.63, 3.8) is 0 Å². The number of benzene rings is 1. The molecule has 4 N–H and O–H groups in total. The van der Waals surface area contributed by atoms with Gasteiger partial charge >= 0.3 is 0 Å². The molecule has 76 valence electrons. The van der Waals surface area contributed by atoms with E-state index in [9.17, 15) is 4.79 Å². The van der Waals surface area contributed by atoms with Gasteiger partial charge in [-0.3, -0.25) is 4.79 Å². The van der Waals surface area contributed by atoms with E-state index in [4.69, 9.17) is 23.1 Å². The van der Waals surface area contributed by atoms with Gasteiger partial charge < -0.3 is 11.5 Å². The molecule has 0 aliphatic rings. The van der Waals surface area contributed by atoms with Gasteiger partial charge in [0.05, 0.1) is 6.04 Å². The van der Waals surface area contributed by atoms with Crippen molar-refractivity contribution in [2.45, 2.75) is 19.4 Å². The lowest BCUT2D eigenvalue weighted by Crippen LogP contribution is -2.38. The van der Waals surface area contributed by atoms with Crippen molar-refractivity contribution in [3.8, 4) is 0 Å². The molecular weight excluding hydrogens is 200 g/mol. The zero-order chi connectivity index (χ0) is 10.7. The molecule has 1 rings (SSSR count). The first-order valence-electron chi connectivity index (χ1n) is 4.30. The summed E-state index contributed by atoms with van der Waals surface area (Å²) in [5, 5.41) is 0.680. The smallest absolute Gasteiger partial charge is 0.234 e. The molecule has 0 heterocycles. The normalized spacial score (nSPS) is 12.5. The summed E-state index contributed by atoms with van der Waals surface area (Å²) < 4.78 is 0. The Labute approximate surface area is 88.0 Å². The number of hydrogen-bond donors (Lipinski definition) is 2. The highest BCUT2D eigenvalue weighted by Crippen LogP contribution is 2.17. The first-order valence-corrected chi connectivity index (χ1v) is 4.68. The topological polar surface area (TPSA) is 69.1 Å². The van der Waals surface area contributed by atoms with Gasteiger partial charge in [0, 0.05) is 5.02 Å². The Balaban J connectivity index is 2.78. The Hall–Kier alpha value is -1.06. The number of amides is 1. The second kappa shape index (κ2) is 4.44. The van der Waals surface area contributed by atoms with Crippen LogP contribution in [0.1, 0.15) is 11.1 Å². The van der Waals surface area contributed by atoms with E-state index in [1.165, 1.54) is 0 Å². The summed E-state index contributed by atoms with van der Waals surface area (Å²) >= 11 is 5.92. The average Bonchev–Trinajstić information content (AvgIpc) is 2.11. The molecule has 0 aromatic heterocycles. The minimum Gasteiger partial charge on any atom is -0.368 e.